The van der Waals surface area contributed by atoms with Crippen LogP contribution in [-0.2, 0) is 6.54 Å². The van der Waals surface area contributed by atoms with Gasteiger partial charge in [-0.2, -0.15) is 5.10 Å². The van der Waals surface area contributed by atoms with E-state index in [9.17, 15) is 4.39 Å². The summed E-state index contributed by atoms with van der Waals surface area (Å²) in [6.45, 7) is 0.618. The summed E-state index contributed by atoms with van der Waals surface area (Å²) in [5.41, 5.74) is 8.93. The Hall–Kier alpha value is -2.14. The van der Waals surface area contributed by atoms with Gasteiger partial charge >= 0.3 is 0 Å². The lowest BCUT2D eigenvalue weighted by Crippen LogP contribution is -2.00. The lowest BCUT2D eigenvalue weighted by molar-refractivity contribution is 0.628. The maximum absolute atomic E-state index is 13.3. The van der Waals surface area contributed by atoms with Gasteiger partial charge in [-0.15, -0.1) is 0 Å². The zero-order valence-electron chi connectivity index (χ0n) is 11.1. The second kappa shape index (κ2) is 5.69. The number of halogens is 2. The zero-order chi connectivity index (χ0) is 14.8. The molecule has 0 radical (unpaired) electrons. The fraction of sp³-hybridized carbons (Fsp3) is 0.0625. The van der Waals surface area contributed by atoms with Crippen LogP contribution in [-0.4, -0.2) is 9.78 Å². The SMILES string of the molecule is Nc1cn(Cc2ccc(Br)cc2)nc1-c1cccc(F)c1. The third-order valence-electron chi connectivity index (χ3n) is 3.15. The quantitative estimate of drug-likeness (QED) is 0.777. The van der Waals surface area contributed by atoms with Crippen molar-refractivity contribution in [2.45, 2.75) is 6.54 Å². The molecule has 1 heterocycles. The van der Waals surface area contributed by atoms with Crippen LogP contribution < -0.4 is 5.73 Å². The Morgan fingerprint density at radius 2 is 1.90 bits per heavy atom. The first-order valence-electron chi connectivity index (χ1n) is 6.45. The highest BCUT2D eigenvalue weighted by atomic mass is 79.9. The number of hydrogen-bond donors (Lipinski definition) is 1. The monoisotopic (exact) mass is 345 g/mol. The van der Waals surface area contributed by atoms with Crippen LogP contribution in [0.3, 0.4) is 0 Å². The molecule has 3 rings (SSSR count). The van der Waals surface area contributed by atoms with Gasteiger partial charge in [0, 0.05) is 16.2 Å². The Morgan fingerprint density at radius 1 is 1.14 bits per heavy atom. The van der Waals surface area contributed by atoms with Crippen LogP contribution in [0.2, 0.25) is 0 Å². The predicted molar refractivity (Wildman–Crippen MR) is 85.3 cm³/mol. The predicted octanol–water partition coefficient (Wildman–Crippen LogP) is 4.08. The second-order valence-electron chi connectivity index (χ2n) is 4.77. The number of nitrogens with zero attached hydrogens (tertiary/aromatic N) is 2. The highest BCUT2D eigenvalue weighted by molar-refractivity contribution is 9.10. The summed E-state index contributed by atoms with van der Waals surface area (Å²) >= 11 is 3.41. The van der Waals surface area contributed by atoms with E-state index in [-0.39, 0.29) is 5.82 Å². The third-order valence-corrected chi connectivity index (χ3v) is 3.67. The molecular formula is C16H13BrFN3. The van der Waals surface area contributed by atoms with Crippen molar-refractivity contribution < 1.29 is 4.39 Å². The van der Waals surface area contributed by atoms with Crippen LogP contribution in [0.5, 0.6) is 0 Å². The zero-order valence-corrected chi connectivity index (χ0v) is 12.7. The molecule has 0 aliphatic heterocycles. The van der Waals surface area contributed by atoms with Crippen LogP contribution in [0.1, 0.15) is 5.56 Å². The van der Waals surface area contributed by atoms with E-state index < -0.39 is 0 Å². The summed E-state index contributed by atoms with van der Waals surface area (Å²) in [6, 6.07) is 14.3. The Morgan fingerprint density at radius 3 is 2.62 bits per heavy atom. The molecule has 0 unspecified atom stereocenters. The minimum Gasteiger partial charge on any atom is -0.396 e. The van der Waals surface area contributed by atoms with Crippen molar-refractivity contribution >= 4 is 21.6 Å². The number of benzene rings is 2. The van der Waals surface area contributed by atoms with Crippen LogP contribution >= 0.6 is 15.9 Å². The van der Waals surface area contributed by atoms with Gasteiger partial charge in [-0.3, -0.25) is 4.68 Å². The normalized spacial score (nSPS) is 10.8. The standard InChI is InChI=1S/C16H13BrFN3/c17-13-6-4-11(5-7-13)9-21-10-15(19)16(20-21)12-2-1-3-14(18)8-12/h1-8,10H,9,19H2. The van der Waals surface area contributed by atoms with Gasteiger partial charge in [-0.25, -0.2) is 4.39 Å². The Labute approximate surface area is 130 Å². The molecule has 106 valence electrons. The van der Waals surface area contributed by atoms with Gasteiger partial charge < -0.3 is 5.73 Å². The lowest BCUT2D eigenvalue weighted by Gasteiger charge is -2.02. The Kier molecular flexibility index (Phi) is 3.75. The van der Waals surface area contributed by atoms with E-state index in [1.165, 1.54) is 12.1 Å². The lowest BCUT2D eigenvalue weighted by atomic mass is 10.1. The summed E-state index contributed by atoms with van der Waals surface area (Å²) in [7, 11) is 0. The molecule has 3 aromatic rings. The number of aromatic nitrogens is 2. The fourth-order valence-corrected chi connectivity index (χ4v) is 2.42. The largest absolute Gasteiger partial charge is 0.396 e. The maximum Gasteiger partial charge on any atom is 0.123 e. The van der Waals surface area contributed by atoms with Gasteiger partial charge in [-0.05, 0) is 29.8 Å². The molecular weight excluding hydrogens is 333 g/mol. The van der Waals surface area contributed by atoms with Crippen molar-refractivity contribution in [2.75, 3.05) is 5.73 Å². The molecule has 0 saturated carbocycles. The molecule has 0 spiro atoms. The topological polar surface area (TPSA) is 43.8 Å². The number of hydrogen-bond acceptors (Lipinski definition) is 2. The molecule has 2 N–H and O–H groups in total. The molecule has 2 aromatic carbocycles. The van der Waals surface area contributed by atoms with E-state index in [2.05, 4.69) is 21.0 Å². The highest BCUT2D eigenvalue weighted by Crippen LogP contribution is 2.25. The summed E-state index contributed by atoms with van der Waals surface area (Å²) < 4.78 is 16.1. The van der Waals surface area contributed by atoms with Crippen LogP contribution in [0.25, 0.3) is 11.3 Å². The minimum atomic E-state index is -0.297. The second-order valence-corrected chi connectivity index (χ2v) is 5.68. The molecule has 0 amide bonds. The van der Waals surface area contributed by atoms with Crippen molar-refractivity contribution in [3.63, 3.8) is 0 Å². The highest BCUT2D eigenvalue weighted by Gasteiger charge is 2.09. The molecule has 21 heavy (non-hydrogen) atoms. The molecule has 5 heteroatoms. The Balaban J connectivity index is 1.89. The summed E-state index contributed by atoms with van der Waals surface area (Å²) in [5.74, 6) is -0.297. The van der Waals surface area contributed by atoms with E-state index >= 15 is 0 Å². The van der Waals surface area contributed by atoms with Crippen LogP contribution in [0.15, 0.2) is 59.2 Å². The van der Waals surface area contributed by atoms with E-state index in [1.54, 1.807) is 23.0 Å². The maximum atomic E-state index is 13.3. The summed E-state index contributed by atoms with van der Waals surface area (Å²) in [4.78, 5) is 0. The van der Waals surface area contributed by atoms with E-state index in [1.807, 2.05) is 24.3 Å². The van der Waals surface area contributed by atoms with Crippen molar-refractivity contribution in [1.29, 1.82) is 0 Å². The first-order valence-corrected chi connectivity index (χ1v) is 7.24. The molecule has 0 saturated heterocycles. The number of nitrogens with two attached hydrogens (primary N) is 1. The van der Waals surface area contributed by atoms with Gasteiger partial charge in [-0.1, -0.05) is 40.2 Å². The van der Waals surface area contributed by atoms with Gasteiger partial charge in [0.15, 0.2) is 0 Å². The van der Waals surface area contributed by atoms with Gasteiger partial charge in [0.2, 0.25) is 0 Å². The molecule has 3 nitrogen and oxygen atoms in total. The molecule has 0 bridgehead atoms. The first-order chi connectivity index (χ1) is 10.1. The average molecular weight is 346 g/mol. The summed E-state index contributed by atoms with van der Waals surface area (Å²) in [6.07, 6.45) is 1.77. The van der Waals surface area contributed by atoms with E-state index in [0.717, 1.165) is 10.0 Å². The van der Waals surface area contributed by atoms with Crippen molar-refractivity contribution in [3.05, 3.63) is 70.6 Å². The summed E-state index contributed by atoms with van der Waals surface area (Å²) in [5, 5.41) is 4.45. The van der Waals surface area contributed by atoms with E-state index in [0.29, 0.717) is 23.5 Å². The van der Waals surface area contributed by atoms with Gasteiger partial charge in [0.05, 0.1) is 12.2 Å². The molecule has 0 aliphatic carbocycles. The Bertz CT molecular complexity index is 765. The third kappa shape index (κ3) is 3.13. The number of rotatable bonds is 3. The number of anilines is 1. The first kappa shape index (κ1) is 13.8. The molecule has 0 fully saturated rings. The van der Waals surface area contributed by atoms with Crippen molar-refractivity contribution in [1.82, 2.24) is 9.78 Å². The van der Waals surface area contributed by atoms with Gasteiger partial charge in [0.25, 0.3) is 0 Å². The fourth-order valence-electron chi connectivity index (χ4n) is 2.15. The van der Waals surface area contributed by atoms with Crippen molar-refractivity contribution in [2.24, 2.45) is 0 Å². The average Bonchev–Trinajstić information content (AvgIpc) is 2.82. The molecule has 1 aromatic heterocycles. The minimum absolute atomic E-state index is 0.297. The smallest absolute Gasteiger partial charge is 0.123 e. The molecule has 0 aliphatic rings. The van der Waals surface area contributed by atoms with Crippen molar-refractivity contribution in [3.8, 4) is 11.3 Å². The van der Waals surface area contributed by atoms with Crippen LogP contribution in [0, 0.1) is 5.82 Å². The van der Waals surface area contributed by atoms with Crippen LogP contribution in [0.4, 0.5) is 10.1 Å². The van der Waals surface area contributed by atoms with E-state index in [4.69, 9.17) is 5.73 Å². The number of nitrogen functional groups attached to an aromatic ring is 1. The van der Waals surface area contributed by atoms with Gasteiger partial charge in [0.1, 0.15) is 11.5 Å². The molecule has 0 atom stereocenters.